The number of carbonyl (C=O) groups is 2. The van der Waals surface area contributed by atoms with E-state index in [-0.39, 0.29) is 23.9 Å². The van der Waals surface area contributed by atoms with Gasteiger partial charge in [-0.2, -0.15) is 0 Å². The summed E-state index contributed by atoms with van der Waals surface area (Å²) < 4.78 is 0. The highest BCUT2D eigenvalue weighted by Crippen LogP contribution is 1.98. The molecule has 2 atom stereocenters. The lowest BCUT2D eigenvalue weighted by atomic mass is 10.2. The van der Waals surface area contributed by atoms with Crippen LogP contribution in [0, 0.1) is 0 Å². The number of hydrogen-bond donors (Lipinski definition) is 1. The van der Waals surface area contributed by atoms with Crippen LogP contribution >= 0.6 is 0 Å². The molecular formula is C12H25N3O2. The van der Waals surface area contributed by atoms with E-state index in [0.717, 1.165) is 0 Å². The van der Waals surface area contributed by atoms with Gasteiger partial charge in [0.15, 0.2) is 0 Å². The fraction of sp³-hybridized carbons (Fsp3) is 0.833. The molecule has 0 aliphatic carbocycles. The van der Waals surface area contributed by atoms with Crippen molar-refractivity contribution < 1.29 is 9.59 Å². The highest BCUT2D eigenvalue weighted by Gasteiger charge is 2.23. The molecule has 0 aromatic rings. The van der Waals surface area contributed by atoms with Crippen molar-refractivity contribution in [3.63, 3.8) is 0 Å². The SMILES string of the molecule is CCN(CC)C(=O)C(C)NC(C)C(=O)N(C)C. The summed E-state index contributed by atoms with van der Waals surface area (Å²) in [5, 5.41) is 3.03. The Labute approximate surface area is 104 Å². The second kappa shape index (κ2) is 7.27. The second-order valence-corrected chi connectivity index (χ2v) is 4.35. The Balaban J connectivity index is 4.39. The number of nitrogens with one attached hydrogen (secondary N) is 1. The summed E-state index contributed by atoms with van der Waals surface area (Å²) in [6.07, 6.45) is 0. The normalized spacial score (nSPS) is 14.0. The Morgan fingerprint density at radius 3 is 1.76 bits per heavy atom. The fourth-order valence-electron chi connectivity index (χ4n) is 1.71. The van der Waals surface area contributed by atoms with Gasteiger partial charge in [-0.3, -0.25) is 14.9 Å². The van der Waals surface area contributed by atoms with Crippen LogP contribution in [0.1, 0.15) is 27.7 Å². The molecule has 0 heterocycles. The third-order valence-electron chi connectivity index (χ3n) is 2.76. The van der Waals surface area contributed by atoms with Crippen LogP contribution in [0.4, 0.5) is 0 Å². The average molecular weight is 243 g/mol. The van der Waals surface area contributed by atoms with Crippen molar-refractivity contribution in [2.75, 3.05) is 27.2 Å². The van der Waals surface area contributed by atoms with Crippen molar-refractivity contribution in [1.29, 1.82) is 0 Å². The third kappa shape index (κ3) is 4.73. The van der Waals surface area contributed by atoms with Gasteiger partial charge in [0.25, 0.3) is 0 Å². The number of hydrogen-bond acceptors (Lipinski definition) is 3. The van der Waals surface area contributed by atoms with E-state index in [1.165, 1.54) is 4.90 Å². The minimum atomic E-state index is -0.348. The van der Waals surface area contributed by atoms with Gasteiger partial charge in [0, 0.05) is 27.2 Å². The van der Waals surface area contributed by atoms with E-state index in [4.69, 9.17) is 0 Å². The molecule has 0 bridgehead atoms. The predicted octanol–water partition coefficient (Wildman–Crippen LogP) is 0.310. The highest BCUT2D eigenvalue weighted by molar-refractivity contribution is 5.84. The van der Waals surface area contributed by atoms with E-state index >= 15 is 0 Å². The predicted molar refractivity (Wildman–Crippen MR) is 68.7 cm³/mol. The number of amides is 2. The first-order valence-electron chi connectivity index (χ1n) is 6.11. The summed E-state index contributed by atoms with van der Waals surface area (Å²) in [7, 11) is 3.41. The summed E-state index contributed by atoms with van der Waals surface area (Å²) in [6.45, 7) is 8.84. The Bertz CT molecular complexity index is 262. The van der Waals surface area contributed by atoms with Crippen molar-refractivity contribution >= 4 is 11.8 Å². The molecule has 0 aliphatic rings. The number of likely N-dealkylation sites (N-methyl/N-ethyl adjacent to an activating group) is 2. The number of nitrogens with zero attached hydrogens (tertiary/aromatic N) is 2. The minimum Gasteiger partial charge on any atom is -0.347 e. The van der Waals surface area contributed by atoms with Gasteiger partial charge >= 0.3 is 0 Å². The molecule has 0 aromatic heterocycles. The summed E-state index contributed by atoms with van der Waals surface area (Å²) in [6, 6.07) is -0.687. The van der Waals surface area contributed by atoms with Crippen LogP contribution in [-0.2, 0) is 9.59 Å². The van der Waals surface area contributed by atoms with Gasteiger partial charge in [-0.15, -0.1) is 0 Å². The molecule has 17 heavy (non-hydrogen) atoms. The highest BCUT2D eigenvalue weighted by atomic mass is 16.2. The number of rotatable bonds is 6. The molecule has 0 fully saturated rings. The molecule has 5 nitrogen and oxygen atoms in total. The van der Waals surface area contributed by atoms with Crippen molar-refractivity contribution in [1.82, 2.24) is 15.1 Å². The molecule has 5 heteroatoms. The maximum absolute atomic E-state index is 12.0. The van der Waals surface area contributed by atoms with Crippen LogP contribution in [0.2, 0.25) is 0 Å². The Morgan fingerprint density at radius 1 is 1.00 bits per heavy atom. The Morgan fingerprint density at radius 2 is 1.41 bits per heavy atom. The van der Waals surface area contributed by atoms with Crippen molar-refractivity contribution in [2.24, 2.45) is 0 Å². The van der Waals surface area contributed by atoms with E-state index in [0.29, 0.717) is 13.1 Å². The van der Waals surface area contributed by atoms with Crippen molar-refractivity contribution in [2.45, 2.75) is 39.8 Å². The van der Waals surface area contributed by atoms with Crippen molar-refractivity contribution in [3.8, 4) is 0 Å². The van der Waals surface area contributed by atoms with Gasteiger partial charge in [-0.05, 0) is 27.7 Å². The first-order chi connectivity index (χ1) is 7.84. The molecule has 2 unspecified atom stereocenters. The van der Waals surface area contributed by atoms with Gasteiger partial charge in [-0.1, -0.05) is 0 Å². The van der Waals surface area contributed by atoms with Gasteiger partial charge < -0.3 is 9.80 Å². The van der Waals surface area contributed by atoms with E-state index in [9.17, 15) is 9.59 Å². The molecule has 0 rings (SSSR count). The molecule has 1 N–H and O–H groups in total. The third-order valence-corrected chi connectivity index (χ3v) is 2.76. The van der Waals surface area contributed by atoms with Gasteiger partial charge in [0.1, 0.15) is 0 Å². The molecule has 0 aromatic carbocycles. The first kappa shape index (κ1) is 15.9. The molecular weight excluding hydrogens is 218 g/mol. The lowest BCUT2D eigenvalue weighted by Gasteiger charge is -2.26. The maximum atomic E-state index is 12.0. The molecule has 0 saturated heterocycles. The summed E-state index contributed by atoms with van der Waals surface area (Å²) >= 11 is 0. The Hall–Kier alpha value is -1.10. The van der Waals surface area contributed by atoms with E-state index in [1.807, 2.05) is 13.8 Å². The van der Waals surface area contributed by atoms with Gasteiger partial charge in [0.2, 0.25) is 11.8 Å². The largest absolute Gasteiger partial charge is 0.347 e. The minimum absolute atomic E-state index is 0.0239. The fourth-order valence-corrected chi connectivity index (χ4v) is 1.71. The second-order valence-electron chi connectivity index (χ2n) is 4.35. The van der Waals surface area contributed by atoms with Crippen LogP contribution in [0.15, 0.2) is 0 Å². The molecule has 0 saturated carbocycles. The average Bonchev–Trinajstić information content (AvgIpc) is 2.28. The van der Waals surface area contributed by atoms with Crippen LogP contribution < -0.4 is 5.32 Å². The zero-order valence-electron chi connectivity index (χ0n) is 11.8. The monoisotopic (exact) mass is 243 g/mol. The Kier molecular flexibility index (Phi) is 6.80. The quantitative estimate of drug-likeness (QED) is 0.730. The van der Waals surface area contributed by atoms with Crippen LogP contribution in [0.3, 0.4) is 0 Å². The summed E-state index contributed by atoms with van der Waals surface area (Å²) in [5.41, 5.74) is 0. The molecule has 0 aliphatic heterocycles. The van der Waals surface area contributed by atoms with Crippen LogP contribution in [-0.4, -0.2) is 60.9 Å². The van der Waals surface area contributed by atoms with Gasteiger partial charge in [0.05, 0.1) is 12.1 Å². The smallest absolute Gasteiger partial charge is 0.239 e. The van der Waals surface area contributed by atoms with E-state index < -0.39 is 0 Å². The molecule has 0 radical (unpaired) electrons. The molecule has 100 valence electrons. The van der Waals surface area contributed by atoms with E-state index in [1.54, 1.807) is 32.8 Å². The van der Waals surface area contributed by atoms with Crippen LogP contribution in [0.25, 0.3) is 0 Å². The molecule has 0 spiro atoms. The van der Waals surface area contributed by atoms with E-state index in [2.05, 4.69) is 5.32 Å². The first-order valence-corrected chi connectivity index (χ1v) is 6.11. The van der Waals surface area contributed by atoms with Crippen LogP contribution in [0.5, 0.6) is 0 Å². The standard InChI is InChI=1S/C12H25N3O2/c1-7-15(8-2)12(17)10(4)13-9(3)11(16)14(5)6/h9-10,13H,7-8H2,1-6H3. The lowest BCUT2D eigenvalue weighted by molar-refractivity contribution is -0.134. The molecule has 2 amide bonds. The van der Waals surface area contributed by atoms with Crippen molar-refractivity contribution in [3.05, 3.63) is 0 Å². The lowest BCUT2D eigenvalue weighted by Crippen LogP contribution is -2.51. The zero-order valence-corrected chi connectivity index (χ0v) is 11.8. The van der Waals surface area contributed by atoms with Gasteiger partial charge in [-0.25, -0.2) is 0 Å². The maximum Gasteiger partial charge on any atom is 0.239 e. The summed E-state index contributed by atoms with van der Waals surface area (Å²) in [4.78, 5) is 26.9. The number of carbonyl (C=O) groups excluding carboxylic acids is 2. The topological polar surface area (TPSA) is 52.7 Å². The zero-order chi connectivity index (χ0) is 13.6. The summed E-state index contributed by atoms with van der Waals surface area (Å²) in [5.74, 6) is 0.0117.